The lowest BCUT2D eigenvalue weighted by Crippen LogP contribution is -2.38. The Labute approximate surface area is 113 Å². The summed E-state index contributed by atoms with van der Waals surface area (Å²) in [5.74, 6) is -0.254. The van der Waals surface area contributed by atoms with Crippen molar-refractivity contribution in [2.24, 2.45) is 0 Å². The normalized spacial score (nSPS) is 22.5. The molecule has 19 heavy (non-hydrogen) atoms. The summed E-state index contributed by atoms with van der Waals surface area (Å²) >= 11 is 0. The van der Waals surface area contributed by atoms with Crippen LogP contribution in [0.1, 0.15) is 30.4 Å². The molecule has 0 radical (unpaired) electrons. The lowest BCUT2D eigenvalue weighted by Gasteiger charge is -2.34. The number of rotatable bonds is 1. The SMILES string of the molecule is COC(=O)C=C1CC2(CCNCC2)c2ccccc21. The smallest absolute Gasteiger partial charge is 0.330 e. The number of nitrogens with one attached hydrogen (secondary N) is 1. The minimum atomic E-state index is -0.254. The Morgan fingerprint density at radius 1 is 1.32 bits per heavy atom. The van der Waals surface area contributed by atoms with E-state index < -0.39 is 0 Å². The van der Waals surface area contributed by atoms with Crippen molar-refractivity contribution in [1.82, 2.24) is 5.32 Å². The standard InChI is InChI=1S/C16H19NO2/c1-19-15(18)10-12-11-16(6-8-17-9-7-16)14-5-3-2-4-13(12)14/h2-5,10,17H,6-9,11H2,1H3. The molecule has 0 amide bonds. The summed E-state index contributed by atoms with van der Waals surface area (Å²) < 4.78 is 4.78. The first-order valence-corrected chi connectivity index (χ1v) is 6.84. The molecule has 1 aromatic carbocycles. The van der Waals surface area contributed by atoms with Crippen LogP contribution in [0.2, 0.25) is 0 Å². The van der Waals surface area contributed by atoms with Gasteiger partial charge >= 0.3 is 5.97 Å². The number of benzene rings is 1. The van der Waals surface area contributed by atoms with Crippen LogP contribution in [0.5, 0.6) is 0 Å². The van der Waals surface area contributed by atoms with Crippen molar-refractivity contribution < 1.29 is 9.53 Å². The molecule has 0 bridgehead atoms. The molecule has 1 aliphatic carbocycles. The maximum Gasteiger partial charge on any atom is 0.330 e. The van der Waals surface area contributed by atoms with Crippen molar-refractivity contribution in [3.63, 3.8) is 0 Å². The Morgan fingerprint density at radius 3 is 2.79 bits per heavy atom. The molecule has 2 aliphatic rings. The average Bonchev–Trinajstić information content (AvgIpc) is 2.74. The number of allylic oxidation sites excluding steroid dienone is 1. The zero-order valence-electron chi connectivity index (χ0n) is 11.2. The van der Waals surface area contributed by atoms with E-state index in [1.165, 1.54) is 18.2 Å². The van der Waals surface area contributed by atoms with Crippen LogP contribution in [-0.4, -0.2) is 26.2 Å². The van der Waals surface area contributed by atoms with Gasteiger partial charge in [-0.15, -0.1) is 0 Å². The zero-order chi connectivity index (χ0) is 13.3. The van der Waals surface area contributed by atoms with Crippen molar-refractivity contribution >= 4 is 11.5 Å². The van der Waals surface area contributed by atoms with E-state index in [-0.39, 0.29) is 11.4 Å². The van der Waals surface area contributed by atoms with Gasteiger partial charge in [0.15, 0.2) is 0 Å². The summed E-state index contributed by atoms with van der Waals surface area (Å²) in [5.41, 5.74) is 3.99. The topological polar surface area (TPSA) is 38.3 Å². The van der Waals surface area contributed by atoms with E-state index in [1.807, 2.05) is 6.07 Å². The van der Waals surface area contributed by atoms with E-state index in [1.54, 1.807) is 6.08 Å². The van der Waals surface area contributed by atoms with Gasteiger partial charge in [0.1, 0.15) is 0 Å². The van der Waals surface area contributed by atoms with Gasteiger partial charge in [-0.1, -0.05) is 24.3 Å². The second-order valence-corrected chi connectivity index (χ2v) is 5.45. The van der Waals surface area contributed by atoms with Crippen molar-refractivity contribution in [3.8, 4) is 0 Å². The number of fused-ring (bicyclic) bond motifs is 2. The lowest BCUT2D eigenvalue weighted by atomic mass is 9.74. The molecule has 1 fully saturated rings. The van der Waals surface area contributed by atoms with Crippen LogP contribution in [0.3, 0.4) is 0 Å². The second kappa shape index (κ2) is 4.82. The molecule has 0 aromatic heterocycles. The van der Waals surface area contributed by atoms with E-state index in [0.29, 0.717) is 0 Å². The number of esters is 1. The molecule has 0 saturated carbocycles. The molecule has 1 spiro atoms. The van der Waals surface area contributed by atoms with Crippen molar-refractivity contribution in [2.75, 3.05) is 20.2 Å². The fraction of sp³-hybridized carbons (Fsp3) is 0.438. The van der Waals surface area contributed by atoms with Crippen molar-refractivity contribution in [3.05, 3.63) is 41.5 Å². The van der Waals surface area contributed by atoms with E-state index in [0.717, 1.165) is 37.9 Å². The first kappa shape index (κ1) is 12.4. The van der Waals surface area contributed by atoms with Crippen LogP contribution in [0.25, 0.3) is 5.57 Å². The highest BCUT2D eigenvalue weighted by Gasteiger charge is 2.41. The molecule has 0 unspecified atom stereocenters. The van der Waals surface area contributed by atoms with E-state index in [2.05, 4.69) is 23.5 Å². The molecule has 3 heteroatoms. The van der Waals surface area contributed by atoms with Gasteiger partial charge < -0.3 is 10.1 Å². The van der Waals surface area contributed by atoms with Gasteiger partial charge in [-0.2, -0.15) is 0 Å². The molecule has 1 aliphatic heterocycles. The van der Waals surface area contributed by atoms with Gasteiger partial charge in [0.2, 0.25) is 0 Å². The number of piperidine rings is 1. The zero-order valence-corrected chi connectivity index (χ0v) is 11.2. The third kappa shape index (κ3) is 2.08. The van der Waals surface area contributed by atoms with Crippen LogP contribution in [0, 0.1) is 0 Å². The number of methoxy groups -OCH3 is 1. The molecule has 3 nitrogen and oxygen atoms in total. The van der Waals surface area contributed by atoms with Crippen LogP contribution in [0.4, 0.5) is 0 Å². The van der Waals surface area contributed by atoms with Crippen LogP contribution >= 0.6 is 0 Å². The summed E-state index contributed by atoms with van der Waals surface area (Å²) in [5, 5.41) is 3.42. The maximum absolute atomic E-state index is 11.5. The number of carbonyl (C=O) groups excluding carboxylic acids is 1. The van der Waals surface area contributed by atoms with Gasteiger partial charge in [0, 0.05) is 11.5 Å². The van der Waals surface area contributed by atoms with E-state index in [4.69, 9.17) is 4.74 Å². The first-order chi connectivity index (χ1) is 9.25. The summed E-state index contributed by atoms with van der Waals surface area (Å²) in [6.07, 6.45) is 4.91. The van der Waals surface area contributed by atoms with E-state index >= 15 is 0 Å². The first-order valence-electron chi connectivity index (χ1n) is 6.84. The van der Waals surface area contributed by atoms with E-state index in [9.17, 15) is 4.79 Å². The van der Waals surface area contributed by atoms with Gasteiger partial charge in [0.05, 0.1) is 7.11 Å². The number of hydrogen-bond acceptors (Lipinski definition) is 3. The Bertz CT molecular complexity index is 527. The molecule has 100 valence electrons. The highest BCUT2D eigenvalue weighted by molar-refractivity contribution is 5.93. The molecular formula is C16H19NO2. The Kier molecular flexibility index (Phi) is 3.15. The van der Waals surface area contributed by atoms with Gasteiger partial charge in [-0.05, 0) is 49.1 Å². The minimum absolute atomic E-state index is 0.224. The monoisotopic (exact) mass is 257 g/mol. The highest BCUT2D eigenvalue weighted by atomic mass is 16.5. The molecular weight excluding hydrogens is 238 g/mol. The third-order valence-electron chi connectivity index (χ3n) is 4.43. The summed E-state index contributed by atoms with van der Waals surface area (Å²) in [6, 6.07) is 8.49. The Balaban J connectivity index is 2.04. The average molecular weight is 257 g/mol. The number of carbonyl (C=O) groups is 1. The van der Waals surface area contributed by atoms with Crippen molar-refractivity contribution in [1.29, 1.82) is 0 Å². The lowest BCUT2D eigenvalue weighted by molar-refractivity contribution is -0.134. The fourth-order valence-electron chi connectivity index (χ4n) is 3.46. The Morgan fingerprint density at radius 2 is 2.05 bits per heavy atom. The van der Waals surface area contributed by atoms with Crippen LogP contribution < -0.4 is 5.32 Å². The molecule has 1 saturated heterocycles. The van der Waals surface area contributed by atoms with Crippen molar-refractivity contribution in [2.45, 2.75) is 24.7 Å². The van der Waals surface area contributed by atoms with Crippen LogP contribution in [0.15, 0.2) is 30.3 Å². The van der Waals surface area contributed by atoms with Gasteiger partial charge in [-0.3, -0.25) is 0 Å². The minimum Gasteiger partial charge on any atom is -0.466 e. The summed E-state index contributed by atoms with van der Waals surface area (Å²) in [4.78, 5) is 11.5. The third-order valence-corrected chi connectivity index (χ3v) is 4.43. The quantitative estimate of drug-likeness (QED) is 0.619. The predicted molar refractivity (Wildman–Crippen MR) is 74.8 cm³/mol. The maximum atomic E-state index is 11.5. The molecule has 1 N–H and O–H groups in total. The fourth-order valence-corrected chi connectivity index (χ4v) is 3.46. The summed E-state index contributed by atoms with van der Waals surface area (Å²) in [6.45, 7) is 2.11. The Hall–Kier alpha value is -1.61. The second-order valence-electron chi connectivity index (χ2n) is 5.45. The number of ether oxygens (including phenoxy) is 1. The van der Waals surface area contributed by atoms with Crippen LogP contribution in [-0.2, 0) is 14.9 Å². The molecule has 1 aromatic rings. The predicted octanol–water partition coefficient (Wildman–Crippen LogP) is 2.27. The largest absolute Gasteiger partial charge is 0.466 e. The molecule has 3 rings (SSSR count). The molecule has 1 heterocycles. The van der Waals surface area contributed by atoms with Gasteiger partial charge in [-0.25, -0.2) is 4.79 Å². The number of hydrogen-bond donors (Lipinski definition) is 1. The summed E-state index contributed by atoms with van der Waals surface area (Å²) in [7, 11) is 1.43. The highest BCUT2D eigenvalue weighted by Crippen LogP contribution is 2.50. The molecule has 0 atom stereocenters. The van der Waals surface area contributed by atoms with Gasteiger partial charge in [0.25, 0.3) is 0 Å².